The van der Waals surface area contributed by atoms with Gasteiger partial charge in [0.25, 0.3) is 15.9 Å². The summed E-state index contributed by atoms with van der Waals surface area (Å²) in [6, 6.07) is 18.4. The molecule has 0 saturated heterocycles. The van der Waals surface area contributed by atoms with E-state index in [1.165, 1.54) is 6.20 Å². The number of halogens is 1. The number of carbonyl (C=O) groups excluding carboxylic acids is 1. The molecule has 9 heteroatoms. The Kier molecular flexibility index (Phi) is 5.71. The molecule has 0 radical (unpaired) electrons. The molecule has 1 amide bonds. The minimum atomic E-state index is -3.70. The number of benzene rings is 2. The molecule has 0 saturated carbocycles. The number of nitrogens with one attached hydrogen (secondary N) is 1. The number of fused-ring (bicyclic) bond motifs is 1. The average molecular weight is 587 g/mol. The number of sulfonamides is 1. The van der Waals surface area contributed by atoms with Crippen LogP contribution in [0.2, 0.25) is 0 Å². The summed E-state index contributed by atoms with van der Waals surface area (Å²) >= 11 is 3.73. The summed E-state index contributed by atoms with van der Waals surface area (Å²) < 4.78 is 29.0. The number of anilines is 1. The lowest BCUT2D eigenvalue weighted by molar-refractivity contribution is 0.0816. The maximum atomic E-state index is 12.7. The largest absolute Gasteiger partial charge is 0.337 e. The van der Waals surface area contributed by atoms with E-state index in [1.807, 2.05) is 24.3 Å². The number of pyridine rings is 1. The number of aromatic nitrogens is 1. The number of rotatable bonds is 5. The van der Waals surface area contributed by atoms with Gasteiger partial charge in [0.2, 0.25) is 0 Å². The Labute approximate surface area is 209 Å². The molecule has 2 aromatic heterocycles. The van der Waals surface area contributed by atoms with Crippen LogP contribution in [0.5, 0.6) is 0 Å². The monoisotopic (exact) mass is 587 g/mol. The maximum Gasteiger partial charge on any atom is 0.261 e. The van der Waals surface area contributed by atoms with Gasteiger partial charge in [-0.05, 0) is 88.3 Å². The second-order valence-electron chi connectivity index (χ2n) is 7.72. The quantitative estimate of drug-likeness (QED) is 0.315. The molecule has 0 bridgehead atoms. The van der Waals surface area contributed by atoms with Gasteiger partial charge in [-0.2, -0.15) is 0 Å². The molecule has 1 N–H and O–H groups in total. The highest BCUT2D eigenvalue weighted by Gasteiger charge is 2.24. The Hall–Kier alpha value is -2.76. The van der Waals surface area contributed by atoms with Crippen molar-refractivity contribution in [2.24, 2.45) is 0 Å². The summed E-state index contributed by atoms with van der Waals surface area (Å²) in [5.41, 5.74) is 4.07. The van der Waals surface area contributed by atoms with E-state index >= 15 is 0 Å². The Morgan fingerprint density at radius 2 is 1.70 bits per heavy atom. The molecular weight excluding hydrogens is 569 g/mol. The fourth-order valence-corrected chi connectivity index (χ4v) is 6.10. The zero-order chi connectivity index (χ0) is 23.2. The highest BCUT2D eigenvalue weighted by atomic mass is 127. The Balaban J connectivity index is 1.40. The first kappa shape index (κ1) is 22.1. The molecule has 1 aliphatic heterocycles. The second-order valence-corrected chi connectivity index (χ2v) is 11.7. The fourth-order valence-electron chi connectivity index (χ4n) is 3.73. The van der Waals surface area contributed by atoms with E-state index in [0.29, 0.717) is 12.2 Å². The van der Waals surface area contributed by atoms with Crippen molar-refractivity contribution in [1.82, 2.24) is 9.88 Å². The lowest BCUT2D eigenvalue weighted by Crippen LogP contribution is -2.17. The molecule has 0 aliphatic carbocycles. The van der Waals surface area contributed by atoms with Crippen LogP contribution in [-0.2, 0) is 16.6 Å². The van der Waals surface area contributed by atoms with Crippen molar-refractivity contribution < 1.29 is 13.2 Å². The van der Waals surface area contributed by atoms with Crippen LogP contribution in [0, 0.1) is 3.57 Å². The zero-order valence-electron chi connectivity index (χ0n) is 17.4. The first-order valence-corrected chi connectivity index (χ1v) is 13.4. The van der Waals surface area contributed by atoms with Crippen LogP contribution in [0.15, 0.2) is 78.0 Å². The Morgan fingerprint density at radius 1 is 0.970 bits per heavy atom. The van der Waals surface area contributed by atoms with Crippen molar-refractivity contribution in [3.63, 3.8) is 0 Å². The molecule has 0 spiro atoms. The van der Waals surface area contributed by atoms with Crippen LogP contribution in [0.4, 0.5) is 5.69 Å². The van der Waals surface area contributed by atoms with E-state index < -0.39 is 10.0 Å². The molecule has 3 heterocycles. The van der Waals surface area contributed by atoms with Crippen LogP contribution in [0.25, 0.3) is 20.9 Å². The summed E-state index contributed by atoms with van der Waals surface area (Å²) in [5, 5.41) is 0. The predicted octanol–water partition coefficient (Wildman–Crippen LogP) is 5.47. The van der Waals surface area contributed by atoms with Gasteiger partial charge in [-0.3, -0.25) is 14.5 Å². The third-order valence-electron chi connectivity index (χ3n) is 5.38. The van der Waals surface area contributed by atoms with Gasteiger partial charge in [0.1, 0.15) is 0 Å². The third-order valence-corrected chi connectivity index (χ3v) is 8.68. The third kappa shape index (κ3) is 4.40. The average Bonchev–Trinajstić information content (AvgIpc) is 3.39. The van der Waals surface area contributed by atoms with Crippen molar-refractivity contribution in [3.05, 3.63) is 87.8 Å². The SMILES string of the molecule is CN1Cc2cc(-c3ccc(-c4cncc(NS(=O)(=O)c5ccc(I)cc5)c4)s3)ccc2C1=O. The number of carbonyl (C=O) groups is 1. The second kappa shape index (κ2) is 8.54. The number of thiophene rings is 1. The highest BCUT2D eigenvalue weighted by Crippen LogP contribution is 2.36. The summed E-state index contributed by atoms with van der Waals surface area (Å²) in [7, 11) is -1.90. The molecule has 1 aliphatic rings. The number of amides is 1. The molecule has 166 valence electrons. The highest BCUT2D eigenvalue weighted by molar-refractivity contribution is 14.1. The molecule has 33 heavy (non-hydrogen) atoms. The van der Waals surface area contributed by atoms with Crippen molar-refractivity contribution in [3.8, 4) is 20.9 Å². The minimum Gasteiger partial charge on any atom is -0.337 e. The van der Waals surface area contributed by atoms with E-state index in [4.69, 9.17) is 0 Å². The van der Waals surface area contributed by atoms with Gasteiger partial charge in [-0.1, -0.05) is 6.07 Å². The summed E-state index contributed by atoms with van der Waals surface area (Å²) in [5.74, 6) is 0.0546. The van der Waals surface area contributed by atoms with Gasteiger partial charge in [0.15, 0.2) is 0 Å². The first-order valence-electron chi connectivity index (χ1n) is 10.0. The zero-order valence-corrected chi connectivity index (χ0v) is 21.2. The number of hydrogen-bond donors (Lipinski definition) is 1. The summed E-state index contributed by atoms with van der Waals surface area (Å²) in [4.78, 5) is 20.3. The van der Waals surface area contributed by atoms with E-state index in [-0.39, 0.29) is 10.8 Å². The Bertz CT molecular complexity index is 1480. The van der Waals surface area contributed by atoms with Crippen LogP contribution >= 0.6 is 33.9 Å². The van der Waals surface area contributed by atoms with Crippen molar-refractivity contribution in [1.29, 1.82) is 0 Å². The molecule has 5 rings (SSSR count). The molecule has 6 nitrogen and oxygen atoms in total. The van der Waals surface area contributed by atoms with Gasteiger partial charge in [-0.15, -0.1) is 11.3 Å². The van der Waals surface area contributed by atoms with E-state index in [1.54, 1.807) is 59.8 Å². The number of hydrogen-bond acceptors (Lipinski definition) is 5. The molecule has 0 fully saturated rings. The van der Waals surface area contributed by atoms with Crippen molar-refractivity contribution >= 4 is 55.5 Å². The van der Waals surface area contributed by atoms with Crippen LogP contribution in [-0.4, -0.2) is 31.3 Å². The van der Waals surface area contributed by atoms with Crippen LogP contribution in [0.1, 0.15) is 15.9 Å². The molecular formula is C24H18IN3O3S2. The van der Waals surface area contributed by atoms with E-state index in [2.05, 4.69) is 38.4 Å². The summed E-state index contributed by atoms with van der Waals surface area (Å²) in [6.07, 6.45) is 3.21. The molecule has 4 aromatic rings. The van der Waals surface area contributed by atoms with E-state index in [0.717, 1.165) is 35.6 Å². The standard InChI is InChI=1S/C24H18IN3O3S2/c1-28-14-17-10-15(2-7-21(17)24(28)29)22-8-9-23(32-22)16-11-19(13-26-12-16)27-33(30,31)20-5-3-18(25)4-6-20/h2-13,27H,14H2,1H3. The van der Waals surface area contributed by atoms with Crippen molar-refractivity contribution in [2.75, 3.05) is 11.8 Å². The molecule has 2 aromatic carbocycles. The maximum absolute atomic E-state index is 12.7. The fraction of sp³-hybridized carbons (Fsp3) is 0.0833. The van der Waals surface area contributed by atoms with Crippen LogP contribution in [0.3, 0.4) is 0 Å². The molecule has 0 atom stereocenters. The Morgan fingerprint density at radius 3 is 2.45 bits per heavy atom. The number of nitrogens with zero attached hydrogens (tertiary/aromatic N) is 2. The minimum absolute atomic E-state index is 0.0546. The smallest absolute Gasteiger partial charge is 0.261 e. The van der Waals surface area contributed by atoms with Gasteiger partial charge < -0.3 is 4.90 Å². The first-order chi connectivity index (χ1) is 15.8. The lowest BCUT2D eigenvalue weighted by atomic mass is 10.1. The normalized spacial score (nSPS) is 13.3. The van der Waals surface area contributed by atoms with Gasteiger partial charge >= 0.3 is 0 Å². The molecule has 0 unspecified atom stereocenters. The van der Waals surface area contributed by atoms with E-state index in [9.17, 15) is 13.2 Å². The summed E-state index contributed by atoms with van der Waals surface area (Å²) in [6.45, 7) is 0.618. The van der Waals surface area contributed by atoms with Gasteiger partial charge in [0, 0.05) is 44.2 Å². The van der Waals surface area contributed by atoms with Gasteiger partial charge in [0.05, 0.1) is 16.8 Å². The van der Waals surface area contributed by atoms with Gasteiger partial charge in [-0.25, -0.2) is 8.42 Å². The van der Waals surface area contributed by atoms with Crippen LogP contribution < -0.4 is 4.72 Å². The topological polar surface area (TPSA) is 79.4 Å². The van der Waals surface area contributed by atoms with Crippen molar-refractivity contribution in [2.45, 2.75) is 11.4 Å². The predicted molar refractivity (Wildman–Crippen MR) is 139 cm³/mol. The lowest BCUT2D eigenvalue weighted by Gasteiger charge is -2.09.